The molecule has 19 heavy (non-hydrogen) atoms. The summed E-state index contributed by atoms with van der Waals surface area (Å²) in [7, 11) is 0. The molecule has 1 aliphatic rings. The summed E-state index contributed by atoms with van der Waals surface area (Å²) in [5.41, 5.74) is 0.735. The third kappa shape index (κ3) is 3.69. The van der Waals surface area contributed by atoms with Gasteiger partial charge >= 0.3 is 0 Å². The SMILES string of the molecule is CCNc1cc(C(=O)N(CC(C)C)C2CC2)ccn1. The number of carbonyl (C=O) groups excluding carboxylic acids is 1. The van der Waals surface area contributed by atoms with E-state index >= 15 is 0 Å². The Morgan fingerprint density at radius 3 is 2.84 bits per heavy atom. The Hall–Kier alpha value is -1.58. The van der Waals surface area contributed by atoms with Crippen molar-refractivity contribution >= 4 is 11.7 Å². The van der Waals surface area contributed by atoms with Crippen molar-refractivity contribution in [1.82, 2.24) is 9.88 Å². The predicted molar refractivity (Wildman–Crippen MR) is 77.3 cm³/mol. The molecule has 0 radical (unpaired) electrons. The zero-order chi connectivity index (χ0) is 13.8. The molecule has 1 aromatic heterocycles. The van der Waals surface area contributed by atoms with Crippen LogP contribution in [0, 0.1) is 5.92 Å². The molecule has 0 saturated heterocycles. The minimum absolute atomic E-state index is 0.137. The molecule has 2 rings (SSSR count). The van der Waals surface area contributed by atoms with E-state index in [9.17, 15) is 4.79 Å². The van der Waals surface area contributed by atoms with Gasteiger partial charge in [-0.3, -0.25) is 4.79 Å². The molecule has 0 atom stereocenters. The lowest BCUT2D eigenvalue weighted by molar-refractivity contribution is 0.0722. The predicted octanol–water partition coefficient (Wildman–Crippen LogP) is 2.77. The molecular weight excluding hydrogens is 238 g/mol. The van der Waals surface area contributed by atoms with Gasteiger partial charge in [0.15, 0.2) is 0 Å². The summed E-state index contributed by atoms with van der Waals surface area (Å²) in [5, 5.41) is 3.15. The first-order chi connectivity index (χ1) is 9.11. The van der Waals surface area contributed by atoms with Crippen LogP contribution in [0.4, 0.5) is 5.82 Å². The van der Waals surface area contributed by atoms with Crippen molar-refractivity contribution in [3.05, 3.63) is 23.9 Å². The van der Waals surface area contributed by atoms with Crippen molar-refractivity contribution in [2.45, 2.75) is 39.7 Å². The summed E-state index contributed by atoms with van der Waals surface area (Å²) < 4.78 is 0. The molecule has 104 valence electrons. The van der Waals surface area contributed by atoms with Crippen LogP contribution >= 0.6 is 0 Å². The Morgan fingerprint density at radius 2 is 2.26 bits per heavy atom. The fourth-order valence-electron chi connectivity index (χ4n) is 2.18. The van der Waals surface area contributed by atoms with Crippen molar-refractivity contribution in [3.63, 3.8) is 0 Å². The molecule has 0 spiro atoms. The number of rotatable bonds is 6. The number of nitrogens with one attached hydrogen (secondary N) is 1. The van der Waals surface area contributed by atoms with E-state index < -0.39 is 0 Å². The summed E-state index contributed by atoms with van der Waals surface area (Å²) in [6.45, 7) is 7.97. The standard InChI is InChI=1S/C15H23N3O/c1-4-16-14-9-12(7-8-17-14)15(19)18(10-11(2)3)13-5-6-13/h7-9,11,13H,4-6,10H2,1-3H3,(H,16,17). The second-order valence-electron chi connectivity index (χ2n) is 5.54. The Morgan fingerprint density at radius 1 is 1.53 bits per heavy atom. The highest BCUT2D eigenvalue weighted by Crippen LogP contribution is 2.29. The summed E-state index contributed by atoms with van der Waals surface area (Å²) in [4.78, 5) is 18.8. The maximum Gasteiger partial charge on any atom is 0.254 e. The highest BCUT2D eigenvalue weighted by atomic mass is 16.2. The summed E-state index contributed by atoms with van der Waals surface area (Å²) in [5.74, 6) is 1.41. The van der Waals surface area contributed by atoms with Gasteiger partial charge in [0.1, 0.15) is 5.82 Å². The molecule has 1 aromatic rings. The summed E-state index contributed by atoms with van der Waals surface area (Å²) >= 11 is 0. The van der Waals surface area contributed by atoms with E-state index in [1.54, 1.807) is 12.3 Å². The molecule has 1 aliphatic carbocycles. The first kappa shape index (κ1) is 13.8. The van der Waals surface area contributed by atoms with Crippen LogP contribution in [0.15, 0.2) is 18.3 Å². The molecule has 1 amide bonds. The van der Waals surface area contributed by atoms with Gasteiger partial charge in [-0.15, -0.1) is 0 Å². The Bertz CT molecular complexity index is 441. The maximum absolute atomic E-state index is 12.6. The minimum Gasteiger partial charge on any atom is -0.370 e. The molecule has 4 heteroatoms. The van der Waals surface area contributed by atoms with Gasteiger partial charge < -0.3 is 10.2 Å². The van der Waals surface area contributed by atoms with Crippen molar-refractivity contribution in [2.24, 2.45) is 5.92 Å². The quantitative estimate of drug-likeness (QED) is 0.856. The maximum atomic E-state index is 12.6. The smallest absolute Gasteiger partial charge is 0.254 e. The van der Waals surface area contributed by atoms with E-state index in [-0.39, 0.29) is 5.91 Å². The van der Waals surface area contributed by atoms with Crippen LogP contribution in [-0.2, 0) is 0 Å². The van der Waals surface area contributed by atoms with Crippen molar-refractivity contribution < 1.29 is 4.79 Å². The highest BCUT2D eigenvalue weighted by Gasteiger charge is 2.33. The third-order valence-electron chi connectivity index (χ3n) is 3.18. The molecule has 0 aliphatic heterocycles. The molecule has 1 fully saturated rings. The second kappa shape index (κ2) is 6.04. The van der Waals surface area contributed by atoms with Crippen LogP contribution in [-0.4, -0.2) is 34.9 Å². The number of nitrogens with zero attached hydrogens (tertiary/aromatic N) is 2. The van der Waals surface area contributed by atoms with Crippen molar-refractivity contribution in [3.8, 4) is 0 Å². The van der Waals surface area contributed by atoms with Gasteiger partial charge in [0.2, 0.25) is 0 Å². The molecule has 1 heterocycles. The number of hydrogen-bond donors (Lipinski definition) is 1. The van der Waals surface area contributed by atoms with E-state index in [0.717, 1.165) is 37.3 Å². The van der Waals surface area contributed by atoms with E-state index in [2.05, 4.69) is 24.1 Å². The van der Waals surface area contributed by atoms with Crippen LogP contribution in [0.2, 0.25) is 0 Å². The fraction of sp³-hybridized carbons (Fsp3) is 0.600. The van der Waals surface area contributed by atoms with Crippen molar-refractivity contribution in [2.75, 3.05) is 18.4 Å². The van der Waals surface area contributed by atoms with Crippen molar-refractivity contribution in [1.29, 1.82) is 0 Å². The van der Waals surface area contributed by atoms with Crippen LogP contribution in [0.25, 0.3) is 0 Å². The Balaban J connectivity index is 2.14. The van der Waals surface area contributed by atoms with Crippen LogP contribution < -0.4 is 5.32 Å². The lowest BCUT2D eigenvalue weighted by Gasteiger charge is -2.24. The minimum atomic E-state index is 0.137. The van der Waals surface area contributed by atoms with E-state index in [0.29, 0.717) is 12.0 Å². The Labute approximate surface area is 115 Å². The molecule has 1 saturated carbocycles. The van der Waals surface area contributed by atoms with Gasteiger partial charge in [-0.1, -0.05) is 13.8 Å². The molecular formula is C15H23N3O. The monoisotopic (exact) mass is 261 g/mol. The average molecular weight is 261 g/mol. The van der Waals surface area contributed by atoms with Gasteiger partial charge in [-0.25, -0.2) is 4.98 Å². The summed E-state index contributed by atoms with van der Waals surface area (Å²) in [6.07, 6.45) is 3.99. The van der Waals surface area contributed by atoms with Gasteiger partial charge in [-0.2, -0.15) is 0 Å². The largest absolute Gasteiger partial charge is 0.370 e. The Kier molecular flexibility index (Phi) is 4.40. The topological polar surface area (TPSA) is 45.2 Å². The number of anilines is 1. The fourth-order valence-corrected chi connectivity index (χ4v) is 2.18. The number of aromatic nitrogens is 1. The van der Waals surface area contributed by atoms with Gasteiger partial charge in [-0.05, 0) is 37.8 Å². The van der Waals surface area contributed by atoms with Crippen LogP contribution in [0.1, 0.15) is 44.0 Å². The number of amides is 1. The zero-order valence-corrected chi connectivity index (χ0v) is 12.0. The lowest BCUT2D eigenvalue weighted by Crippen LogP contribution is -2.36. The first-order valence-corrected chi connectivity index (χ1v) is 7.12. The van der Waals surface area contributed by atoms with Gasteiger partial charge in [0.05, 0.1) is 0 Å². The van der Waals surface area contributed by atoms with Crippen LogP contribution in [0.5, 0.6) is 0 Å². The van der Waals surface area contributed by atoms with Gasteiger partial charge in [0, 0.05) is 30.9 Å². The lowest BCUT2D eigenvalue weighted by atomic mass is 10.1. The first-order valence-electron chi connectivity index (χ1n) is 7.12. The highest BCUT2D eigenvalue weighted by molar-refractivity contribution is 5.95. The number of carbonyl (C=O) groups is 1. The average Bonchev–Trinajstić information content (AvgIpc) is 3.20. The number of hydrogen-bond acceptors (Lipinski definition) is 3. The van der Waals surface area contributed by atoms with E-state index in [1.165, 1.54) is 0 Å². The molecule has 0 bridgehead atoms. The summed E-state index contributed by atoms with van der Waals surface area (Å²) in [6, 6.07) is 4.10. The van der Waals surface area contributed by atoms with Crippen LogP contribution in [0.3, 0.4) is 0 Å². The molecule has 0 aromatic carbocycles. The zero-order valence-electron chi connectivity index (χ0n) is 12.0. The van der Waals surface area contributed by atoms with E-state index in [4.69, 9.17) is 0 Å². The van der Waals surface area contributed by atoms with E-state index in [1.807, 2.05) is 17.9 Å². The normalized spacial score (nSPS) is 14.5. The second-order valence-corrected chi connectivity index (χ2v) is 5.54. The third-order valence-corrected chi connectivity index (χ3v) is 3.18. The number of pyridine rings is 1. The molecule has 0 unspecified atom stereocenters. The molecule has 4 nitrogen and oxygen atoms in total. The molecule has 1 N–H and O–H groups in total. The van der Waals surface area contributed by atoms with Gasteiger partial charge in [0.25, 0.3) is 5.91 Å².